The monoisotopic (exact) mass is 273 g/mol. The maximum atomic E-state index is 12.4. The molecule has 0 saturated heterocycles. The number of rotatable bonds is 4. The van der Waals surface area contributed by atoms with E-state index in [0.717, 1.165) is 11.1 Å². The van der Waals surface area contributed by atoms with E-state index in [4.69, 9.17) is 12.2 Å². The van der Waals surface area contributed by atoms with Gasteiger partial charge in [0.05, 0.1) is 16.9 Å². The van der Waals surface area contributed by atoms with Crippen LogP contribution in [0.2, 0.25) is 0 Å². The van der Waals surface area contributed by atoms with E-state index in [2.05, 4.69) is 10.9 Å². The lowest BCUT2D eigenvalue weighted by Crippen LogP contribution is -2.32. The van der Waals surface area contributed by atoms with Crippen LogP contribution in [0.4, 0.5) is 5.69 Å². The minimum atomic E-state index is -0.111. The summed E-state index contributed by atoms with van der Waals surface area (Å²) >= 11 is 1.36. The molecule has 0 fully saturated rings. The topological polar surface area (TPSA) is 59.2 Å². The molecule has 0 aliphatic heterocycles. The Morgan fingerprint density at radius 3 is 3.05 bits per heavy atom. The van der Waals surface area contributed by atoms with Crippen LogP contribution in [0.25, 0.3) is 10.2 Å². The molecule has 0 radical (unpaired) electrons. The Labute approximate surface area is 116 Å². The van der Waals surface area contributed by atoms with Gasteiger partial charge in [-0.3, -0.25) is 9.78 Å². The third-order valence-corrected chi connectivity index (χ3v) is 3.89. The zero-order valence-corrected chi connectivity index (χ0v) is 11.5. The standard InChI is InChI=1S/C14H15N3OS/c1-3-8-17(9-4-2)14(18)13-11(15)12-10(19-13)6-5-7-16-12/h1,5-7H,4,8-9,15H2,2H3. The number of hydrogen-bond acceptors (Lipinski definition) is 4. The van der Waals surface area contributed by atoms with Gasteiger partial charge >= 0.3 is 0 Å². The van der Waals surface area contributed by atoms with Crippen molar-refractivity contribution in [3.05, 3.63) is 23.2 Å². The number of carbonyl (C=O) groups is 1. The van der Waals surface area contributed by atoms with Gasteiger partial charge in [-0.25, -0.2) is 0 Å². The molecule has 5 heteroatoms. The molecular formula is C14H15N3OS. The van der Waals surface area contributed by atoms with Gasteiger partial charge in [0.15, 0.2) is 0 Å². The number of amides is 1. The smallest absolute Gasteiger partial charge is 0.266 e. The first-order chi connectivity index (χ1) is 9.19. The molecular weight excluding hydrogens is 258 g/mol. The molecule has 0 aliphatic rings. The molecule has 0 aliphatic carbocycles. The third-order valence-electron chi connectivity index (χ3n) is 2.74. The first kappa shape index (κ1) is 13.4. The molecule has 0 bridgehead atoms. The second kappa shape index (κ2) is 5.72. The van der Waals surface area contributed by atoms with Crippen molar-refractivity contribution < 1.29 is 4.79 Å². The minimum absolute atomic E-state index is 0.111. The van der Waals surface area contributed by atoms with Crippen molar-refractivity contribution in [1.29, 1.82) is 0 Å². The van der Waals surface area contributed by atoms with Gasteiger partial charge in [0.2, 0.25) is 0 Å². The minimum Gasteiger partial charge on any atom is -0.396 e. The number of carbonyl (C=O) groups excluding carboxylic acids is 1. The van der Waals surface area contributed by atoms with Crippen molar-refractivity contribution >= 4 is 33.1 Å². The number of thiophene rings is 1. The van der Waals surface area contributed by atoms with Crippen LogP contribution < -0.4 is 5.73 Å². The maximum Gasteiger partial charge on any atom is 0.266 e. The Kier molecular flexibility index (Phi) is 4.03. The predicted molar refractivity (Wildman–Crippen MR) is 79.1 cm³/mol. The normalized spacial score (nSPS) is 10.3. The molecule has 4 nitrogen and oxygen atoms in total. The largest absolute Gasteiger partial charge is 0.396 e. The van der Waals surface area contributed by atoms with Crippen molar-refractivity contribution in [3.8, 4) is 12.3 Å². The van der Waals surface area contributed by atoms with Crippen LogP contribution >= 0.6 is 11.3 Å². The van der Waals surface area contributed by atoms with Gasteiger partial charge in [-0.15, -0.1) is 17.8 Å². The van der Waals surface area contributed by atoms with E-state index in [9.17, 15) is 4.79 Å². The Morgan fingerprint density at radius 2 is 2.42 bits per heavy atom. The summed E-state index contributed by atoms with van der Waals surface area (Å²) in [7, 11) is 0. The number of nitrogen functional groups attached to an aromatic ring is 1. The summed E-state index contributed by atoms with van der Waals surface area (Å²) in [6.45, 7) is 2.94. The molecule has 0 aromatic carbocycles. The first-order valence-electron chi connectivity index (χ1n) is 6.04. The Morgan fingerprint density at radius 1 is 1.63 bits per heavy atom. The van der Waals surface area contributed by atoms with Crippen molar-refractivity contribution in [3.63, 3.8) is 0 Å². The van der Waals surface area contributed by atoms with Crippen molar-refractivity contribution in [1.82, 2.24) is 9.88 Å². The van der Waals surface area contributed by atoms with Gasteiger partial charge in [0.1, 0.15) is 10.4 Å². The van der Waals surface area contributed by atoms with E-state index in [1.807, 2.05) is 19.1 Å². The number of anilines is 1. The second-order valence-electron chi connectivity index (χ2n) is 4.13. The lowest BCUT2D eigenvalue weighted by atomic mass is 10.3. The average Bonchev–Trinajstić information content (AvgIpc) is 2.76. The van der Waals surface area contributed by atoms with Crippen LogP contribution in [0.1, 0.15) is 23.0 Å². The quantitative estimate of drug-likeness (QED) is 0.870. The van der Waals surface area contributed by atoms with Gasteiger partial charge in [0.25, 0.3) is 5.91 Å². The molecule has 19 heavy (non-hydrogen) atoms. The highest BCUT2D eigenvalue weighted by molar-refractivity contribution is 7.21. The van der Waals surface area contributed by atoms with Crippen LogP contribution in [0.5, 0.6) is 0 Å². The molecule has 98 valence electrons. The molecule has 2 N–H and O–H groups in total. The van der Waals surface area contributed by atoms with E-state index in [-0.39, 0.29) is 5.91 Å². The average molecular weight is 273 g/mol. The Bertz CT molecular complexity index is 642. The summed E-state index contributed by atoms with van der Waals surface area (Å²) in [5.74, 6) is 2.40. The lowest BCUT2D eigenvalue weighted by molar-refractivity contribution is 0.0782. The Balaban J connectivity index is 2.40. The second-order valence-corrected chi connectivity index (χ2v) is 5.18. The molecule has 2 rings (SSSR count). The number of nitrogens with two attached hydrogens (primary N) is 1. The number of hydrogen-bond donors (Lipinski definition) is 1. The van der Waals surface area contributed by atoms with E-state index in [1.165, 1.54) is 11.3 Å². The summed E-state index contributed by atoms with van der Waals surface area (Å²) in [5.41, 5.74) is 7.15. The van der Waals surface area contributed by atoms with Crippen LogP contribution in [0.3, 0.4) is 0 Å². The fraction of sp³-hybridized carbons (Fsp3) is 0.286. The molecule has 0 saturated carbocycles. The predicted octanol–water partition coefficient (Wildman–Crippen LogP) is 2.36. The van der Waals surface area contributed by atoms with Gasteiger partial charge in [0, 0.05) is 12.7 Å². The number of fused-ring (bicyclic) bond motifs is 1. The first-order valence-corrected chi connectivity index (χ1v) is 6.86. The lowest BCUT2D eigenvalue weighted by Gasteiger charge is -2.18. The van der Waals surface area contributed by atoms with Gasteiger partial charge < -0.3 is 10.6 Å². The van der Waals surface area contributed by atoms with Crippen LogP contribution in [-0.4, -0.2) is 28.9 Å². The zero-order valence-electron chi connectivity index (χ0n) is 10.7. The zero-order chi connectivity index (χ0) is 13.8. The summed E-state index contributed by atoms with van der Waals surface area (Å²) in [5, 5.41) is 0. The fourth-order valence-electron chi connectivity index (χ4n) is 1.88. The van der Waals surface area contributed by atoms with Crippen LogP contribution in [0.15, 0.2) is 18.3 Å². The van der Waals surface area contributed by atoms with Crippen LogP contribution in [-0.2, 0) is 0 Å². The fourth-order valence-corrected chi connectivity index (χ4v) is 2.93. The molecule has 0 atom stereocenters. The van der Waals surface area contributed by atoms with Crippen molar-refractivity contribution in [2.24, 2.45) is 0 Å². The summed E-state index contributed by atoms with van der Waals surface area (Å²) in [4.78, 5) is 18.8. The SMILES string of the molecule is C#CCN(CCC)C(=O)c1sc2cccnc2c1N. The van der Waals surface area contributed by atoms with E-state index < -0.39 is 0 Å². The molecule has 0 unspecified atom stereocenters. The van der Waals surface area contributed by atoms with Gasteiger partial charge in [-0.1, -0.05) is 12.8 Å². The number of nitrogens with zero attached hydrogens (tertiary/aromatic N) is 2. The molecule has 1 amide bonds. The van der Waals surface area contributed by atoms with E-state index >= 15 is 0 Å². The number of pyridine rings is 1. The Hall–Kier alpha value is -2.06. The van der Waals surface area contributed by atoms with E-state index in [0.29, 0.717) is 29.2 Å². The highest BCUT2D eigenvalue weighted by Crippen LogP contribution is 2.32. The summed E-state index contributed by atoms with van der Waals surface area (Å²) in [6, 6.07) is 3.74. The molecule has 2 aromatic rings. The van der Waals surface area contributed by atoms with Crippen LogP contribution in [0, 0.1) is 12.3 Å². The highest BCUT2D eigenvalue weighted by atomic mass is 32.1. The summed E-state index contributed by atoms with van der Waals surface area (Å²) in [6.07, 6.45) is 7.83. The molecule has 0 spiro atoms. The molecule has 2 heterocycles. The van der Waals surface area contributed by atoms with Gasteiger partial charge in [-0.05, 0) is 18.6 Å². The third kappa shape index (κ3) is 2.54. The van der Waals surface area contributed by atoms with Gasteiger partial charge in [-0.2, -0.15) is 0 Å². The number of aromatic nitrogens is 1. The van der Waals surface area contributed by atoms with Crippen molar-refractivity contribution in [2.45, 2.75) is 13.3 Å². The summed E-state index contributed by atoms with van der Waals surface area (Å²) < 4.78 is 0.917. The number of terminal acetylenes is 1. The molecule has 2 aromatic heterocycles. The maximum absolute atomic E-state index is 12.4. The highest BCUT2D eigenvalue weighted by Gasteiger charge is 2.21. The van der Waals surface area contributed by atoms with Crippen molar-refractivity contribution in [2.75, 3.05) is 18.8 Å². The van der Waals surface area contributed by atoms with E-state index in [1.54, 1.807) is 11.1 Å².